The summed E-state index contributed by atoms with van der Waals surface area (Å²) in [4.78, 5) is 17.2. The Balaban J connectivity index is 1.70. The molecule has 0 bridgehead atoms. The summed E-state index contributed by atoms with van der Waals surface area (Å²) in [5.74, 6) is 1.32. The van der Waals surface area contributed by atoms with Gasteiger partial charge in [0.05, 0.1) is 10.4 Å². The first-order chi connectivity index (χ1) is 11.7. The molecule has 0 unspecified atom stereocenters. The molecule has 0 saturated carbocycles. The highest BCUT2D eigenvalue weighted by Crippen LogP contribution is 2.35. The SMILES string of the molecule is O=C(C=Cc1cc2cc3c(cc2nc1Cl)OCCO3)c1cccs1. The third kappa shape index (κ3) is 2.88. The Labute approximate surface area is 147 Å². The number of fused-ring (bicyclic) bond motifs is 2. The van der Waals surface area contributed by atoms with E-state index in [1.165, 1.54) is 17.4 Å². The second-order valence-corrected chi connectivity index (χ2v) is 6.54. The average Bonchev–Trinajstić information content (AvgIpc) is 3.12. The number of ether oxygens (including phenoxy) is 2. The molecule has 0 saturated heterocycles. The molecule has 120 valence electrons. The number of halogens is 1. The minimum atomic E-state index is -0.0525. The summed E-state index contributed by atoms with van der Waals surface area (Å²) in [6, 6.07) is 9.23. The Morgan fingerprint density at radius 1 is 1.21 bits per heavy atom. The number of hydrogen-bond acceptors (Lipinski definition) is 5. The normalized spacial score (nSPS) is 13.5. The van der Waals surface area contributed by atoms with Gasteiger partial charge in [0.2, 0.25) is 0 Å². The summed E-state index contributed by atoms with van der Waals surface area (Å²) >= 11 is 7.66. The summed E-state index contributed by atoms with van der Waals surface area (Å²) in [5.41, 5.74) is 1.41. The van der Waals surface area contributed by atoms with Crippen molar-refractivity contribution in [3.63, 3.8) is 0 Å². The molecule has 1 aromatic carbocycles. The van der Waals surface area contributed by atoms with Gasteiger partial charge in [0.15, 0.2) is 17.3 Å². The van der Waals surface area contributed by atoms with Crippen molar-refractivity contribution >= 4 is 45.7 Å². The Morgan fingerprint density at radius 2 is 2.00 bits per heavy atom. The van der Waals surface area contributed by atoms with Crippen LogP contribution in [0, 0.1) is 0 Å². The molecule has 3 aromatic rings. The fourth-order valence-electron chi connectivity index (χ4n) is 2.49. The van der Waals surface area contributed by atoms with E-state index < -0.39 is 0 Å². The van der Waals surface area contributed by atoms with Crippen LogP contribution in [0.1, 0.15) is 15.2 Å². The smallest absolute Gasteiger partial charge is 0.195 e. The second-order valence-electron chi connectivity index (χ2n) is 5.23. The first kappa shape index (κ1) is 15.2. The van der Waals surface area contributed by atoms with Crippen LogP contribution in [-0.2, 0) is 0 Å². The lowest BCUT2D eigenvalue weighted by Crippen LogP contribution is -2.15. The predicted molar refractivity (Wildman–Crippen MR) is 95.4 cm³/mol. The molecule has 0 aliphatic carbocycles. The standard InChI is InChI=1S/C18H12ClNO3S/c19-18-11(3-4-14(21)17-2-1-7-24-17)8-12-9-15-16(10-13(12)20-18)23-6-5-22-15/h1-4,7-10H,5-6H2. The fraction of sp³-hybridized carbons (Fsp3) is 0.111. The minimum Gasteiger partial charge on any atom is -0.486 e. The number of rotatable bonds is 3. The lowest BCUT2D eigenvalue weighted by atomic mass is 10.1. The van der Waals surface area contributed by atoms with E-state index in [2.05, 4.69) is 4.98 Å². The number of allylic oxidation sites excluding steroid dienone is 1. The number of hydrogen-bond donors (Lipinski definition) is 0. The van der Waals surface area contributed by atoms with Crippen molar-refractivity contribution in [1.82, 2.24) is 4.98 Å². The van der Waals surface area contributed by atoms with E-state index in [0.717, 1.165) is 10.9 Å². The predicted octanol–water partition coefficient (Wildman–Crippen LogP) is 4.62. The van der Waals surface area contributed by atoms with Gasteiger partial charge in [0, 0.05) is 17.0 Å². The maximum atomic E-state index is 12.1. The van der Waals surface area contributed by atoms with E-state index in [-0.39, 0.29) is 5.78 Å². The van der Waals surface area contributed by atoms with Gasteiger partial charge in [-0.3, -0.25) is 4.79 Å². The lowest BCUT2D eigenvalue weighted by Gasteiger charge is -2.18. The highest BCUT2D eigenvalue weighted by molar-refractivity contribution is 7.12. The van der Waals surface area contributed by atoms with Gasteiger partial charge in [-0.2, -0.15) is 0 Å². The van der Waals surface area contributed by atoms with Crippen LogP contribution in [0.3, 0.4) is 0 Å². The van der Waals surface area contributed by atoms with Gasteiger partial charge in [-0.1, -0.05) is 17.7 Å². The van der Waals surface area contributed by atoms with Gasteiger partial charge in [-0.05, 0) is 35.7 Å². The first-order valence-corrected chi connectivity index (χ1v) is 8.62. The highest BCUT2D eigenvalue weighted by atomic mass is 35.5. The van der Waals surface area contributed by atoms with Crippen LogP contribution in [0.15, 0.2) is 41.8 Å². The van der Waals surface area contributed by atoms with Crippen LogP contribution in [-0.4, -0.2) is 24.0 Å². The van der Waals surface area contributed by atoms with Crippen LogP contribution in [0.2, 0.25) is 5.15 Å². The number of benzene rings is 1. The number of thiophene rings is 1. The molecule has 4 nitrogen and oxygen atoms in total. The minimum absolute atomic E-state index is 0.0525. The van der Waals surface area contributed by atoms with Gasteiger partial charge in [0.25, 0.3) is 0 Å². The molecule has 0 spiro atoms. The van der Waals surface area contributed by atoms with Crippen molar-refractivity contribution in [2.24, 2.45) is 0 Å². The summed E-state index contributed by atoms with van der Waals surface area (Å²) in [5, 5.41) is 3.10. The summed E-state index contributed by atoms with van der Waals surface area (Å²) in [6.07, 6.45) is 3.20. The van der Waals surface area contributed by atoms with Crippen LogP contribution in [0.25, 0.3) is 17.0 Å². The molecule has 0 fully saturated rings. The molecule has 1 aliphatic heterocycles. The van der Waals surface area contributed by atoms with Crippen molar-refractivity contribution in [1.29, 1.82) is 0 Å². The second kappa shape index (κ2) is 6.26. The molecular weight excluding hydrogens is 346 g/mol. The highest BCUT2D eigenvalue weighted by Gasteiger charge is 2.14. The molecule has 0 atom stereocenters. The van der Waals surface area contributed by atoms with Gasteiger partial charge >= 0.3 is 0 Å². The maximum absolute atomic E-state index is 12.1. The molecule has 2 aromatic heterocycles. The van der Waals surface area contributed by atoms with E-state index in [9.17, 15) is 4.79 Å². The zero-order valence-electron chi connectivity index (χ0n) is 12.5. The van der Waals surface area contributed by atoms with Crippen molar-refractivity contribution in [3.05, 3.63) is 57.4 Å². The summed E-state index contributed by atoms with van der Waals surface area (Å²) in [7, 11) is 0. The van der Waals surface area contributed by atoms with Crippen LogP contribution >= 0.6 is 22.9 Å². The number of ketones is 1. The number of carbonyl (C=O) groups is 1. The first-order valence-electron chi connectivity index (χ1n) is 7.36. The maximum Gasteiger partial charge on any atom is 0.195 e. The largest absolute Gasteiger partial charge is 0.486 e. The van der Waals surface area contributed by atoms with Crippen molar-refractivity contribution in [3.8, 4) is 11.5 Å². The Kier molecular flexibility index (Phi) is 3.96. The molecule has 24 heavy (non-hydrogen) atoms. The third-order valence-corrected chi connectivity index (χ3v) is 4.82. The Bertz CT molecular complexity index is 951. The molecule has 0 amide bonds. The topological polar surface area (TPSA) is 48.4 Å². The Hall–Kier alpha value is -2.37. The molecule has 3 heterocycles. The Morgan fingerprint density at radius 3 is 2.75 bits per heavy atom. The van der Waals surface area contributed by atoms with Crippen LogP contribution in [0.4, 0.5) is 0 Å². The molecule has 1 aliphatic rings. The monoisotopic (exact) mass is 357 g/mol. The summed E-state index contributed by atoms with van der Waals surface area (Å²) in [6.45, 7) is 1.06. The van der Waals surface area contributed by atoms with Gasteiger partial charge < -0.3 is 9.47 Å². The van der Waals surface area contributed by atoms with Crippen molar-refractivity contribution in [2.75, 3.05) is 13.2 Å². The number of aromatic nitrogens is 1. The zero-order valence-corrected chi connectivity index (χ0v) is 14.1. The van der Waals surface area contributed by atoms with E-state index >= 15 is 0 Å². The van der Waals surface area contributed by atoms with Crippen molar-refractivity contribution < 1.29 is 14.3 Å². The molecule has 4 rings (SSSR count). The molecule has 0 N–H and O–H groups in total. The van der Waals surface area contributed by atoms with E-state index in [4.69, 9.17) is 21.1 Å². The summed E-state index contributed by atoms with van der Waals surface area (Å²) < 4.78 is 11.1. The quantitative estimate of drug-likeness (QED) is 0.390. The molecular formula is C18H12ClNO3S. The van der Waals surface area contributed by atoms with Crippen LogP contribution < -0.4 is 9.47 Å². The van der Waals surface area contributed by atoms with Gasteiger partial charge in [-0.15, -0.1) is 11.3 Å². The number of nitrogens with zero attached hydrogens (tertiary/aromatic N) is 1. The van der Waals surface area contributed by atoms with Crippen molar-refractivity contribution in [2.45, 2.75) is 0 Å². The third-order valence-electron chi connectivity index (χ3n) is 3.64. The number of pyridine rings is 1. The zero-order chi connectivity index (χ0) is 16.5. The fourth-order valence-corrected chi connectivity index (χ4v) is 3.34. The van der Waals surface area contributed by atoms with Gasteiger partial charge in [0.1, 0.15) is 18.4 Å². The average molecular weight is 358 g/mol. The number of carbonyl (C=O) groups excluding carboxylic acids is 1. The molecule has 0 radical (unpaired) electrons. The van der Waals surface area contributed by atoms with E-state index in [0.29, 0.717) is 40.3 Å². The van der Waals surface area contributed by atoms with Gasteiger partial charge in [-0.25, -0.2) is 4.98 Å². The van der Waals surface area contributed by atoms with E-state index in [1.807, 2.05) is 29.6 Å². The molecule has 6 heteroatoms. The van der Waals surface area contributed by atoms with E-state index in [1.54, 1.807) is 12.1 Å². The van der Waals surface area contributed by atoms with Crippen LogP contribution in [0.5, 0.6) is 11.5 Å². The lowest BCUT2D eigenvalue weighted by molar-refractivity contribution is 0.105.